The number of hydrogen-bond donors (Lipinski definition) is 2. The summed E-state index contributed by atoms with van der Waals surface area (Å²) in [5.41, 5.74) is 8.31. The maximum absolute atomic E-state index is 14.0. The molecule has 1 aliphatic rings. The number of aromatic nitrogens is 2. The summed E-state index contributed by atoms with van der Waals surface area (Å²) in [7, 11) is 0. The molecular formula is C29H26F3N5O2. The maximum atomic E-state index is 14.0. The molecule has 3 aromatic carbocycles. The number of carbonyl (C=O) groups excluding carboxylic acids is 2. The number of alkyl halides is 3. The number of carbonyl (C=O) groups is 2. The maximum Gasteiger partial charge on any atom is 0.416 e. The van der Waals surface area contributed by atoms with E-state index >= 15 is 0 Å². The van der Waals surface area contributed by atoms with Crippen molar-refractivity contribution in [2.75, 3.05) is 17.2 Å². The Hall–Kier alpha value is -4.60. The molecule has 0 aliphatic carbocycles. The molecule has 0 spiro atoms. The van der Waals surface area contributed by atoms with Gasteiger partial charge in [0.2, 0.25) is 0 Å². The molecule has 200 valence electrons. The molecule has 7 nitrogen and oxygen atoms in total. The number of nitrogen functional groups attached to an aromatic ring is 1. The van der Waals surface area contributed by atoms with Crippen LogP contribution in [0.15, 0.2) is 78.9 Å². The predicted molar refractivity (Wildman–Crippen MR) is 142 cm³/mol. The summed E-state index contributed by atoms with van der Waals surface area (Å²) in [5.74, 6) is -1.39. The van der Waals surface area contributed by atoms with E-state index in [1.165, 1.54) is 11.0 Å². The van der Waals surface area contributed by atoms with E-state index in [9.17, 15) is 22.8 Å². The molecule has 2 atom stereocenters. The molecular weight excluding hydrogens is 507 g/mol. The standard InChI is InChI=1S/C29H26F3N5O2/c1-3-36-27-23(17(2)35-37(27)20-12-5-4-6-13-20)24(21-14-7-8-15-22(21)33)25(28(36)39)34-26(38)18-10-9-11-19(16-18)29(30,31)32/h4-16,24-25H,3,33H2,1-2H3,(H,34,38)/t24-,25-/m0/s1. The van der Waals surface area contributed by atoms with Gasteiger partial charge >= 0.3 is 6.18 Å². The Labute approximate surface area is 223 Å². The number of benzene rings is 3. The molecule has 0 radical (unpaired) electrons. The van der Waals surface area contributed by atoms with Crippen LogP contribution >= 0.6 is 0 Å². The molecule has 39 heavy (non-hydrogen) atoms. The molecule has 10 heteroatoms. The number of nitrogens with two attached hydrogens (primary N) is 1. The summed E-state index contributed by atoms with van der Waals surface area (Å²) in [5, 5.41) is 7.49. The minimum atomic E-state index is -4.62. The van der Waals surface area contributed by atoms with Crippen molar-refractivity contribution in [2.45, 2.75) is 32.0 Å². The molecule has 0 saturated heterocycles. The number of anilines is 2. The fourth-order valence-electron chi connectivity index (χ4n) is 5.12. The van der Waals surface area contributed by atoms with Crippen molar-refractivity contribution >= 4 is 23.3 Å². The van der Waals surface area contributed by atoms with Crippen LogP contribution in [0.5, 0.6) is 0 Å². The van der Waals surface area contributed by atoms with Crippen LogP contribution in [0.2, 0.25) is 0 Å². The SMILES string of the molecule is CCN1C(=O)[C@@H](NC(=O)c2cccc(C(F)(F)F)c2)[C@@H](c2ccccc2N)c2c(C)nn(-c3ccccc3)c21. The van der Waals surface area contributed by atoms with Gasteiger partial charge in [-0.05, 0) is 55.8 Å². The zero-order chi connectivity index (χ0) is 27.9. The highest BCUT2D eigenvalue weighted by Crippen LogP contribution is 2.44. The third kappa shape index (κ3) is 4.62. The van der Waals surface area contributed by atoms with Gasteiger partial charge in [0.25, 0.3) is 11.8 Å². The molecule has 5 rings (SSSR count). The lowest BCUT2D eigenvalue weighted by Crippen LogP contribution is -2.55. The van der Waals surface area contributed by atoms with Crippen LogP contribution in [0, 0.1) is 6.92 Å². The van der Waals surface area contributed by atoms with Crippen LogP contribution in [0.4, 0.5) is 24.7 Å². The lowest BCUT2D eigenvalue weighted by molar-refractivity contribution is -0.137. The summed E-state index contributed by atoms with van der Waals surface area (Å²) in [6.45, 7) is 3.90. The number of rotatable bonds is 5. The average Bonchev–Trinajstić information content (AvgIpc) is 3.26. The third-order valence-electron chi connectivity index (χ3n) is 6.90. The molecule has 0 bridgehead atoms. The van der Waals surface area contributed by atoms with Crippen molar-refractivity contribution in [3.8, 4) is 5.69 Å². The number of nitrogens with zero attached hydrogens (tertiary/aromatic N) is 3. The van der Waals surface area contributed by atoms with Crippen LogP contribution in [-0.2, 0) is 11.0 Å². The molecule has 1 aliphatic heterocycles. The van der Waals surface area contributed by atoms with Crippen LogP contribution in [0.1, 0.15) is 45.6 Å². The first-order chi connectivity index (χ1) is 18.6. The van der Waals surface area contributed by atoms with E-state index in [-0.39, 0.29) is 12.1 Å². The zero-order valence-corrected chi connectivity index (χ0v) is 21.2. The number of likely N-dealkylation sites (N-methyl/N-ethyl adjacent to an activating group) is 1. The topological polar surface area (TPSA) is 93.2 Å². The van der Waals surface area contributed by atoms with Gasteiger partial charge in [-0.15, -0.1) is 0 Å². The van der Waals surface area contributed by atoms with Crippen molar-refractivity contribution in [1.82, 2.24) is 15.1 Å². The fourth-order valence-corrected chi connectivity index (χ4v) is 5.12. The third-order valence-corrected chi connectivity index (χ3v) is 6.90. The van der Waals surface area contributed by atoms with Gasteiger partial charge in [0.1, 0.15) is 11.9 Å². The highest BCUT2D eigenvalue weighted by Gasteiger charge is 2.46. The number of aryl methyl sites for hydroxylation is 1. The summed E-state index contributed by atoms with van der Waals surface area (Å²) in [6, 6.07) is 19.4. The van der Waals surface area contributed by atoms with Gasteiger partial charge in [0.05, 0.1) is 16.9 Å². The molecule has 2 heterocycles. The largest absolute Gasteiger partial charge is 0.416 e. The van der Waals surface area contributed by atoms with E-state index in [4.69, 9.17) is 10.8 Å². The Bertz CT molecular complexity index is 1550. The van der Waals surface area contributed by atoms with E-state index in [1.807, 2.05) is 44.2 Å². The van der Waals surface area contributed by atoms with Crippen LogP contribution in [-0.4, -0.2) is 34.2 Å². The average molecular weight is 534 g/mol. The van der Waals surface area contributed by atoms with Gasteiger partial charge in [-0.2, -0.15) is 18.3 Å². The highest BCUT2D eigenvalue weighted by molar-refractivity contribution is 6.05. The summed E-state index contributed by atoms with van der Waals surface area (Å²) < 4.78 is 41.6. The second-order valence-corrected chi connectivity index (χ2v) is 9.29. The van der Waals surface area contributed by atoms with Gasteiger partial charge in [-0.1, -0.05) is 42.5 Å². The normalized spacial score (nSPS) is 17.2. The van der Waals surface area contributed by atoms with Gasteiger partial charge in [0, 0.05) is 29.3 Å². The van der Waals surface area contributed by atoms with Crippen molar-refractivity contribution in [2.24, 2.45) is 0 Å². The first-order valence-corrected chi connectivity index (χ1v) is 12.4. The molecule has 1 aromatic heterocycles. The molecule has 4 aromatic rings. The smallest absolute Gasteiger partial charge is 0.398 e. The quantitative estimate of drug-likeness (QED) is 0.350. The van der Waals surface area contributed by atoms with Crippen LogP contribution < -0.4 is 16.0 Å². The Balaban J connectivity index is 1.67. The van der Waals surface area contributed by atoms with Gasteiger partial charge in [0.15, 0.2) is 0 Å². The minimum absolute atomic E-state index is 0.206. The van der Waals surface area contributed by atoms with E-state index in [0.29, 0.717) is 28.3 Å². The molecule has 2 amide bonds. The monoisotopic (exact) mass is 533 g/mol. The number of para-hydroxylation sites is 2. The Kier molecular flexibility index (Phi) is 6.63. The first kappa shape index (κ1) is 26.0. The fraction of sp³-hybridized carbons (Fsp3) is 0.207. The molecule has 0 fully saturated rings. The molecule has 3 N–H and O–H groups in total. The number of fused-ring (bicyclic) bond motifs is 1. The van der Waals surface area contributed by atoms with Crippen molar-refractivity contribution in [3.63, 3.8) is 0 Å². The number of halogens is 3. The zero-order valence-electron chi connectivity index (χ0n) is 21.2. The van der Waals surface area contributed by atoms with E-state index in [0.717, 1.165) is 23.9 Å². The second-order valence-electron chi connectivity index (χ2n) is 9.29. The van der Waals surface area contributed by atoms with Crippen molar-refractivity contribution < 1.29 is 22.8 Å². The minimum Gasteiger partial charge on any atom is -0.398 e. The van der Waals surface area contributed by atoms with Gasteiger partial charge < -0.3 is 11.1 Å². The van der Waals surface area contributed by atoms with Crippen LogP contribution in [0.3, 0.4) is 0 Å². The number of nitrogens with one attached hydrogen (secondary N) is 1. The van der Waals surface area contributed by atoms with E-state index in [1.54, 1.807) is 28.9 Å². The Morgan fingerprint density at radius 3 is 2.38 bits per heavy atom. The lowest BCUT2D eigenvalue weighted by Gasteiger charge is -2.38. The highest BCUT2D eigenvalue weighted by atomic mass is 19.4. The second kappa shape index (κ2) is 9.94. The Morgan fingerprint density at radius 1 is 1.03 bits per heavy atom. The number of amides is 2. The van der Waals surface area contributed by atoms with Gasteiger partial charge in [-0.3, -0.25) is 14.5 Å². The predicted octanol–water partition coefficient (Wildman–Crippen LogP) is 5.08. The van der Waals surface area contributed by atoms with Gasteiger partial charge in [-0.25, -0.2) is 4.68 Å². The molecule has 0 saturated carbocycles. The van der Waals surface area contributed by atoms with E-state index < -0.39 is 35.5 Å². The van der Waals surface area contributed by atoms with E-state index in [2.05, 4.69) is 5.32 Å². The number of hydrogen-bond acceptors (Lipinski definition) is 4. The van der Waals surface area contributed by atoms with Crippen molar-refractivity contribution in [1.29, 1.82) is 0 Å². The lowest BCUT2D eigenvalue weighted by atomic mass is 9.80. The van der Waals surface area contributed by atoms with Crippen molar-refractivity contribution in [3.05, 3.63) is 107 Å². The molecule has 0 unspecified atom stereocenters. The first-order valence-electron chi connectivity index (χ1n) is 12.4. The van der Waals surface area contributed by atoms with Crippen LogP contribution in [0.25, 0.3) is 5.69 Å². The summed E-state index contributed by atoms with van der Waals surface area (Å²) in [4.78, 5) is 28.9. The Morgan fingerprint density at radius 2 is 1.72 bits per heavy atom. The summed E-state index contributed by atoms with van der Waals surface area (Å²) >= 11 is 0. The summed E-state index contributed by atoms with van der Waals surface area (Å²) in [6.07, 6.45) is -4.62.